The molecular formula is C20H16Cl2N2O3. The fourth-order valence-electron chi connectivity index (χ4n) is 2.59. The highest BCUT2D eigenvalue weighted by Crippen LogP contribution is 2.32. The van der Waals surface area contributed by atoms with Crippen LogP contribution in [0.4, 0.5) is 0 Å². The molecule has 1 aromatic heterocycles. The molecule has 2 aromatic carbocycles. The van der Waals surface area contributed by atoms with Crippen molar-refractivity contribution in [2.45, 2.75) is 6.61 Å². The average Bonchev–Trinajstić information content (AvgIpc) is 2.69. The number of carbonyl (C=O) groups is 1. The number of rotatable bonds is 5. The highest BCUT2D eigenvalue weighted by atomic mass is 35.5. The van der Waals surface area contributed by atoms with Crippen molar-refractivity contribution in [3.8, 4) is 22.5 Å². The number of carbonyl (C=O) groups excluding carboxylic acids is 1. The van der Waals surface area contributed by atoms with E-state index in [1.165, 1.54) is 14.2 Å². The van der Waals surface area contributed by atoms with Crippen molar-refractivity contribution in [3.05, 3.63) is 70.0 Å². The van der Waals surface area contributed by atoms with Crippen molar-refractivity contribution in [1.82, 2.24) is 9.97 Å². The zero-order chi connectivity index (χ0) is 19.4. The van der Waals surface area contributed by atoms with E-state index in [1.54, 1.807) is 24.3 Å². The number of methoxy groups -OCH3 is 2. The molecule has 0 spiro atoms. The van der Waals surface area contributed by atoms with Gasteiger partial charge < -0.3 is 9.47 Å². The van der Waals surface area contributed by atoms with Gasteiger partial charge in [-0.1, -0.05) is 47.5 Å². The summed E-state index contributed by atoms with van der Waals surface area (Å²) in [7, 11) is 2.83. The zero-order valence-electron chi connectivity index (χ0n) is 14.7. The minimum Gasteiger partial charge on any atom is -0.464 e. The van der Waals surface area contributed by atoms with Crippen LogP contribution in [-0.4, -0.2) is 30.2 Å². The van der Waals surface area contributed by atoms with E-state index in [0.29, 0.717) is 27.1 Å². The molecule has 3 rings (SSSR count). The first kappa shape index (κ1) is 19.3. The minimum absolute atomic E-state index is 0.113. The quantitative estimate of drug-likeness (QED) is 0.558. The number of esters is 1. The predicted octanol–water partition coefficient (Wildman–Crippen LogP) is 5.05. The second kappa shape index (κ2) is 8.48. The molecule has 0 radical (unpaired) electrons. The first-order valence-electron chi connectivity index (χ1n) is 8.03. The van der Waals surface area contributed by atoms with Crippen LogP contribution in [0.2, 0.25) is 10.0 Å². The third-order valence-corrected chi connectivity index (χ3v) is 4.37. The van der Waals surface area contributed by atoms with E-state index in [0.717, 1.165) is 11.1 Å². The Morgan fingerprint density at radius 3 is 1.78 bits per heavy atom. The Balaban J connectivity index is 2.27. The second-order valence-corrected chi connectivity index (χ2v) is 6.53. The van der Waals surface area contributed by atoms with Gasteiger partial charge in [0.2, 0.25) is 0 Å². The van der Waals surface area contributed by atoms with Gasteiger partial charge in [0.15, 0.2) is 5.69 Å². The van der Waals surface area contributed by atoms with Crippen molar-refractivity contribution in [1.29, 1.82) is 0 Å². The van der Waals surface area contributed by atoms with E-state index in [9.17, 15) is 4.79 Å². The molecule has 0 bridgehead atoms. The van der Waals surface area contributed by atoms with Crippen LogP contribution in [0.25, 0.3) is 22.5 Å². The fourth-order valence-corrected chi connectivity index (χ4v) is 2.84. The lowest BCUT2D eigenvalue weighted by atomic mass is 10.0. The monoisotopic (exact) mass is 402 g/mol. The van der Waals surface area contributed by atoms with Gasteiger partial charge in [-0.25, -0.2) is 14.8 Å². The molecule has 0 fully saturated rings. The molecule has 7 heteroatoms. The largest absolute Gasteiger partial charge is 0.464 e. The summed E-state index contributed by atoms with van der Waals surface area (Å²) in [6.07, 6.45) is 0. The number of halogens is 2. The molecule has 0 aliphatic rings. The average molecular weight is 403 g/mol. The Labute approximate surface area is 166 Å². The van der Waals surface area contributed by atoms with E-state index in [1.807, 2.05) is 24.3 Å². The van der Waals surface area contributed by atoms with Crippen LogP contribution in [-0.2, 0) is 16.1 Å². The van der Waals surface area contributed by atoms with Gasteiger partial charge >= 0.3 is 5.97 Å². The van der Waals surface area contributed by atoms with Gasteiger partial charge in [-0.3, -0.25) is 0 Å². The first-order chi connectivity index (χ1) is 13.0. The molecule has 0 saturated heterocycles. The Morgan fingerprint density at radius 1 is 0.852 bits per heavy atom. The summed E-state index contributed by atoms with van der Waals surface area (Å²) in [5.41, 5.74) is 3.23. The molecule has 0 atom stereocenters. The lowest BCUT2D eigenvalue weighted by molar-refractivity contribution is 0.0587. The topological polar surface area (TPSA) is 61.3 Å². The molecule has 0 aliphatic carbocycles. The summed E-state index contributed by atoms with van der Waals surface area (Å²) >= 11 is 12.0. The Kier molecular flexibility index (Phi) is 6.06. The molecule has 27 heavy (non-hydrogen) atoms. The number of hydrogen-bond donors (Lipinski definition) is 0. The zero-order valence-corrected chi connectivity index (χ0v) is 16.2. The maximum atomic E-state index is 12.2. The van der Waals surface area contributed by atoms with Crippen molar-refractivity contribution in [2.75, 3.05) is 14.2 Å². The maximum Gasteiger partial charge on any atom is 0.358 e. The Morgan fingerprint density at radius 2 is 1.33 bits per heavy atom. The Bertz CT molecular complexity index is 958. The molecule has 0 N–H and O–H groups in total. The lowest BCUT2D eigenvalue weighted by Crippen LogP contribution is -2.13. The van der Waals surface area contributed by atoms with Crippen molar-refractivity contribution in [2.24, 2.45) is 0 Å². The molecule has 1 heterocycles. The molecule has 138 valence electrons. The van der Waals surface area contributed by atoms with Gasteiger partial charge in [0.25, 0.3) is 0 Å². The van der Waals surface area contributed by atoms with Crippen molar-refractivity contribution < 1.29 is 14.3 Å². The van der Waals surface area contributed by atoms with Crippen LogP contribution in [0.1, 0.15) is 16.2 Å². The van der Waals surface area contributed by atoms with E-state index < -0.39 is 5.97 Å². The van der Waals surface area contributed by atoms with Gasteiger partial charge in [0.05, 0.1) is 30.8 Å². The summed E-state index contributed by atoms with van der Waals surface area (Å²) in [5.74, 6) is -0.576. The van der Waals surface area contributed by atoms with Crippen LogP contribution in [0.3, 0.4) is 0 Å². The summed E-state index contributed by atoms with van der Waals surface area (Å²) in [5, 5.41) is 1.21. The van der Waals surface area contributed by atoms with Crippen molar-refractivity contribution in [3.63, 3.8) is 0 Å². The molecule has 3 aromatic rings. The van der Waals surface area contributed by atoms with E-state index in [-0.39, 0.29) is 12.3 Å². The minimum atomic E-state index is -0.576. The normalized spacial score (nSPS) is 10.7. The third kappa shape index (κ3) is 4.27. The standard InChI is InChI=1S/C20H16Cl2N2O3/c1-26-11-16-19(20(25)27-2)24-18(13-5-9-15(22)10-6-13)17(23-16)12-3-7-14(21)8-4-12/h3-10H,11H2,1-2H3. The van der Waals surface area contributed by atoms with Gasteiger partial charge in [-0.2, -0.15) is 0 Å². The molecule has 0 saturated carbocycles. The number of nitrogens with zero attached hydrogens (tertiary/aromatic N) is 2. The number of benzene rings is 2. The van der Waals surface area contributed by atoms with Gasteiger partial charge in [-0.15, -0.1) is 0 Å². The van der Waals surface area contributed by atoms with Crippen LogP contribution >= 0.6 is 23.2 Å². The molecule has 0 aliphatic heterocycles. The van der Waals surface area contributed by atoms with Crippen LogP contribution in [0, 0.1) is 0 Å². The molecule has 0 unspecified atom stereocenters. The SMILES string of the molecule is COCc1nc(-c2ccc(Cl)cc2)c(-c2ccc(Cl)cc2)nc1C(=O)OC. The molecular weight excluding hydrogens is 387 g/mol. The second-order valence-electron chi connectivity index (χ2n) is 5.65. The number of hydrogen-bond acceptors (Lipinski definition) is 5. The number of aromatic nitrogens is 2. The Hall–Kier alpha value is -2.47. The number of ether oxygens (including phenoxy) is 2. The van der Waals surface area contributed by atoms with Crippen LogP contribution in [0.15, 0.2) is 48.5 Å². The predicted molar refractivity (Wildman–Crippen MR) is 105 cm³/mol. The first-order valence-corrected chi connectivity index (χ1v) is 8.79. The summed E-state index contributed by atoms with van der Waals surface area (Å²) in [4.78, 5) is 21.5. The van der Waals surface area contributed by atoms with Gasteiger partial charge in [0.1, 0.15) is 0 Å². The van der Waals surface area contributed by atoms with E-state index >= 15 is 0 Å². The summed E-state index contributed by atoms with van der Waals surface area (Å²) in [6.45, 7) is 0.124. The highest BCUT2D eigenvalue weighted by Gasteiger charge is 2.21. The smallest absolute Gasteiger partial charge is 0.358 e. The summed E-state index contributed by atoms with van der Waals surface area (Å²) < 4.78 is 10.0. The van der Waals surface area contributed by atoms with Crippen LogP contribution < -0.4 is 0 Å². The highest BCUT2D eigenvalue weighted by molar-refractivity contribution is 6.31. The fraction of sp³-hybridized carbons (Fsp3) is 0.150. The molecule has 5 nitrogen and oxygen atoms in total. The van der Waals surface area contributed by atoms with E-state index in [4.69, 9.17) is 32.7 Å². The van der Waals surface area contributed by atoms with Crippen LogP contribution in [0.5, 0.6) is 0 Å². The molecule has 0 amide bonds. The van der Waals surface area contributed by atoms with Crippen molar-refractivity contribution >= 4 is 29.2 Å². The lowest BCUT2D eigenvalue weighted by Gasteiger charge is -2.14. The van der Waals surface area contributed by atoms with E-state index in [2.05, 4.69) is 9.97 Å². The third-order valence-electron chi connectivity index (χ3n) is 3.86. The van der Waals surface area contributed by atoms with Gasteiger partial charge in [-0.05, 0) is 24.3 Å². The van der Waals surface area contributed by atoms with Gasteiger partial charge in [0, 0.05) is 28.3 Å². The summed E-state index contributed by atoms with van der Waals surface area (Å²) in [6, 6.07) is 14.4. The maximum absolute atomic E-state index is 12.2.